The molecule has 3 heteroatoms. The van der Waals surface area contributed by atoms with Crippen LogP contribution in [0.4, 0.5) is 0 Å². The van der Waals surface area contributed by atoms with Gasteiger partial charge >= 0.3 is 0 Å². The molecule has 1 heterocycles. The van der Waals surface area contributed by atoms with Crippen molar-refractivity contribution in [2.24, 2.45) is 0 Å². The third-order valence-electron chi connectivity index (χ3n) is 2.84. The highest BCUT2D eigenvalue weighted by Gasteiger charge is 2.17. The van der Waals surface area contributed by atoms with Crippen molar-refractivity contribution in [1.29, 1.82) is 0 Å². The van der Waals surface area contributed by atoms with Crippen molar-refractivity contribution in [2.45, 2.75) is 19.9 Å². The Hall–Kier alpha value is -0.380. The van der Waals surface area contributed by atoms with Crippen molar-refractivity contribution in [1.82, 2.24) is 5.32 Å². The Labute approximate surface area is 99.1 Å². The molecule has 1 fully saturated rings. The predicted octanol–water partition coefficient (Wildman–Crippen LogP) is 2.73. The second-order valence-corrected chi connectivity index (χ2v) is 4.89. The summed E-state index contributed by atoms with van der Waals surface area (Å²) in [6.07, 6.45) is 0. The fraction of sp³-hybridized carbons (Fsp3) is 0.500. The molecule has 0 bridgehead atoms. The maximum atomic E-state index is 5.48. The first-order chi connectivity index (χ1) is 7.18. The molecule has 0 aliphatic carbocycles. The van der Waals surface area contributed by atoms with Crippen molar-refractivity contribution in [3.8, 4) is 0 Å². The maximum Gasteiger partial charge on any atom is 0.0662 e. The van der Waals surface area contributed by atoms with Crippen LogP contribution in [0.3, 0.4) is 0 Å². The van der Waals surface area contributed by atoms with Crippen LogP contribution < -0.4 is 5.32 Å². The minimum Gasteiger partial charge on any atom is -0.378 e. The van der Waals surface area contributed by atoms with E-state index in [4.69, 9.17) is 4.74 Å². The molecular formula is C12H16BrNO. The van der Waals surface area contributed by atoms with Gasteiger partial charge in [-0.1, -0.05) is 22.0 Å². The van der Waals surface area contributed by atoms with Gasteiger partial charge in [0, 0.05) is 11.0 Å². The molecule has 0 aromatic heterocycles. The molecule has 2 rings (SSSR count). The Morgan fingerprint density at radius 3 is 2.80 bits per heavy atom. The first-order valence-electron chi connectivity index (χ1n) is 5.26. The SMILES string of the molecule is Cc1cc(C)c(C2COCCN2)cc1Br. The minimum atomic E-state index is 0.343. The molecule has 1 N–H and O–H groups in total. The van der Waals surface area contributed by atoms with Gasteiger partial charge in [-0.15, -0.1) is 0 Å². The first-order valence-corrected chi connectivity index (χ1v) is 6.05. The lowest BCUT2D eigenvalue weighted by Gasteiger charge is -2.26. The summed E-state index contributed by atoms with van der Waals surface area (Å²) in [7, 11) is 0. The lowest BCUT2D eigenvalue weighted by molar-refractivity contribution is 0.0767. The Bertz CT molecular complexity index is 359. The van der Waals surface area contributed by atoms with Crippen molar-refractivity contribution >= 4 is 15.9 Å². The van der Waals surface area contributed by atoms with Crippen LogP contribution in [0.15, 0.2) is 16.6 Å². The van der Waals surface area contributed by atoms with Gasteiger partial charge in [0.2, 0.25) is 0 Å². The third kappa shape index (κ3) is 2.41. The normalized spacial score (nSPS) is 21.7. The van der Waals surface area contributed by atoms with Gasteiger partial charge in [-0.25, -0.2) is 0 Å². The summed E-state index contributed by atoms with van der Waals surface area (Å²) in [6.45, 7) is 6.81. The molecule has 15 heavy (non-hydrogen) atoms. The molecule has 1 saturated heterocycles. The number of halogens is 1. The molecule has 1 atom stereocenters. The van der Waals surface area contributed by atoms with Crippen LogP contribution in [0.2, 0.25) is 0 Å². The predicted molar refractivity (Wildman–Crippen MR) is 65.2 cm³/mol. The van der Waals surface area contributed by atoms with Crippen LogP contribution in [0.25, 0.3) is 0 Å². The van der Waals surface area contributed by atoms with Crippen LogP contribution >= 0.6 is 15.9 Å². The van der Waals surface area contributed by atoms with Gasteiger partial charge in [-0.2, -0.15) is 0 Å². The van der Waals surface area contributed by atoms with Gasteiger partial charge in [0.05, 0.1) is 19.3 Å². The number of aryl methyl sites for hydroxylation is 2. The third-order valence-corrected chi connectivity index (χ3v) is 3.70. The van der Waals surface area contributed by atoms with Gasteiger partial charge in [-0.05, 0) is 36.6 Å². The summed E-state index contributed by atoms with van der Waals surface area (Å²) >= 11 is 3.58. The van der Waals surface area contributed by atoms with E-state index >= 15 is 0 Å². The molecular weight excluding hydrogens is 254 g/mol. The second-order valence-electron chi connectivity index (χ2n) is 4.04. The zero-order chi connectivity index (χ0) is 10.8. The van der Waals surface area contributed by atoms with E-state index in [0.29, 0.717) is 6.04 Å². The quantitative estimate of drug-likeness (QED) is 0.847. The lowest BCUT2D eigenvalue weighted by atomic mass is 9.99. The van der Waals surface area contributed by atoms with E-state index in [1.165, 1.54) is 21.2 Å². The highest BCUT2D eigenvalue weighted by Crippen LogP contribution is 2.26. The summed E-state index contributed by atoms with van der Waals surface area (Å²) < 4.78 is 6.66. The van der Waals surface area contributed by atoms with Crippen LogP contribution in [0.5, 0.6) is 0 Å². The first kappa shape index (κ1) is 11.1. The number of hydrogen-bond acceptors (Lipinski definition) is 2. The van der Waals surface area contributed by atoms with E-state index < -0.39 is 0 Å². The smallest absolute Gasteiger partial charge is 0.0662 e. The Balaban J connectivity index is 2.30. The summed E-state index contributed by atoms with van der Waals surface area (Å²) in [4.78, 5) is 0. The summed E-state index contributed by atoms with van der Waals surface area (Å²) in [5.74, 6) is 0. The van der Waals surface area contributed by atoms with Gasteiger partial charge in [0.25, 0.3) is 0 Å². The molecule has 1 aromatic carbocycles. The van der Waals surface area contributed by atoms with Crippen LogP contribution in [0, 0.1) is 13.8 Å². The van der Waals surface area contributed by atoms with Gasteiger partial charge in [0.15, 0.2) is 0 Å². The Morgan fingerprint density at radius 2 is 2.13 bits per heavy atom. The Morgan fingerprint density at radius 1 is 1.33 bits per heavy atom. The van der Waals surface area contributed by atoms with Crippen LogP contribution in [-0.2, 0) is 4.74 Å². The zero-order valence-electron chi connectivity index (χ0n) is 9.14. The summed E-state index contributed by atoms with van der Waals surface area (Å²) in [6, 6.07) is 4.77. The van der Waals surface area contributed by atoms with Gasteiger partial charge in [0.1, 0.15) is 0 Å². The number of rotatable bonds is 1. The number of hydrogen-bond donors (Lipinski definition) is 1. The maximum absolute atomic E-state index is 5.48. The monoisotopic (exact) mass is 269 g/mol. The fourth-order valence-corrected chi connectivity index (χ4v) is 2.34. The highest BCUT2D eigenvalue weighted by atomic mass is 79.9. The molecule has 1 aliphatic heterocycles. The van der Waals surface area contributed by atoms with Crippen LogP contribution in [-0.4, -0.2) is 19.8 Å². The molecule has 1 aliphatic rings. The Kier molecular flexibility index (Phi) is 3.44. The number of morpholine rings is 1. The average Bonchev–Trinajstić information content (AvgIpc) is 2.25. The van der Waals surface area contributed by atoms with Crippen molar-refractivity contribution < 1.29 is 4.74 Å². The topological polar surface area (TPSA) is 21.3 Å². The highest BCUT2D eigenvalue weighted by molar-refractivity contribution is 9.10. The zero-order valence-corrected chi connectivity index (χ0v) is 10.7. The van der Waals surface area contributed by atoms with Crippen LogP contribution in [0.1, 0.15) is 22.7 Å². The van der Waals surface area contributed by atoms with E-state index in [1.807, 2.05) is 0 Å². The van der Waals surface area contributed by atoms with E-state index in [2.05, 4.69) is 47.2 Å². The average molecular weight is 270 g/mol. The molecule has 1 unspecified atom stereocenters. The second kappa shape index (κ2) is 4.64. The largest absolute Gasteiger partial charge is 0.378 e. The van der Waals surface area contributed by atoms with Crippen molar-refractivity contribution in [3.05, 3.63) is 33.3 Å². The molecule has 82 valence electrons. The lowest BCUT2D eigenvalue weighted by Crippen LogP contribution is -2.35. The number of benzene rings is 1. The fourth-order valence-electron chi connectivity index (χ4n) is 1.98. The molecule has 0 spiro atoms. The van der Waals surface area contributed by atoms with E-state index in [9.17, 15) is 0 Å². The molecule has 0 radical (unpaired) electrons. The summed E-state index contributed by atoms with van der Waals surface area (Å²) in [5.41, 5.74) is 3.96. The van der Waals surface area contributed by atoms with Gasteiger partial charge in [-0.3, -0.25) is 0 Å². The van der Waals surface area contributed by atoms with Crippen molar-refractivity contribution in [2.75, 3.05) is 19.8 Å². The molecule has 0 amide bonds. The van der Waals surface area contributed by atoms with E-state index in [-0.39, 0.29) is 0 Å². The number of ether oxygens (including phenoxy) is 1. The standard InChI is InChI=1S/C12H16BrNO/c1-8-5-9(2)11(13)6-10(8)12-7-15-4-3-14-12/h5-6,12,14H,3-4,7H2,1-2H3. The molecule has 2 nitrogen and oxygen atoms in total. The minimum absolute atomic E-state index is 0.343. The summed E-state index contributed by atoms with van der Waals surface area (Å²) in [5, 5.41) is 3.48. The molecule has 0 saturated carbocycles. The van der Waals surface area contributed by atoms with Crippen molar-refractivity contribution in [3.63, 3.8) is 0 Å². The van der Waals surface area contributed by atoms with E-state index in [0.717, 1.165) is 19.8 Å². The van der Waals surface area contributed by atoms with Gasteiger partial charge < -0.3 is 10.1 Å². The molecule has 1 aromatic rings. The number of nitrogens with one attached hydrogen (secondary N) is 1. The van der Waals surface area contributed by atoms with E-state index in [1.54, 1.807) is 0 Å².